The van der Waals surface area contributed by atoms with Gasteiger partial charge in [-0.3, -0.25) is 0 Å². The number of benzene rings is 2. The summed E-state index contributed by atoms with van der Waals surface area (Å²) >= 11 is 10.0. The van der Waals surface area contributed by atoms with Gasteiger partial charge in [0, 0.05) is 5.02 Å². The van der Waals surface area contributed by atoms with Gasteiger partial charge < -0.3 is 4.74 Å². The summed E-state index contributed by atoms with van der Waals surface area (Å²) in [6.07, 6.45) is 0. The van der Waals surface area contributed by atoms with Crippen molar-refractivity contribution < 1.29 is 21.1 Å². The normalized spacial score (nSPS) is 9.18. The summed E-state index contributed by atoms with van der Waals surface area (Å²) in [7, 11) is 0. The molecule has 2 aromatic carbocycles. The van der Waals surface area contributed by atoms with E-state index in [0.717, 1.165) is 16.3 Å². The van der Waals surface area contributed by atoms with Gasteiger partial charge >= 0.3 is 30.0 Å². The van der Waals surface area contributed by atoms with Crippen molar-refractivity contribution in [3.05, 3.63) is 65.2 Å². The maximum atomic E-state index is 5.77. The van der Waals surface area contributed by atoms with E-state index in [9.17, 15) is 0 Å². The van der Waals surface area contributed by atoms with Gasteiger partial charge in [-0.25, -0.2) is 0 Å². The van der Waals surface area contributed by atoms with Crippen LogP contribution in [0.2, 0.25) is 5.02 Å². The van der Waals surface area contributed by atoms with Crippen molar-refractivity contribution in [2.24, 2.45) is 0 Å². The van der Waals surface area contributed by atoms with Crippen molar-refractivity contribution in [3.8, 4) is 5.75 Å². The molecule has 0 aliphatic carbocycles. The molecule has 0 spiro atoms. The molecule has 0 saturated heterocycles. The predicted molar refractivity (Wildman–Crippen MR) is 70.0 cm³/mol. The number of rotatable bonds is 3. The fourth-order valence-electron chi connectivity index (χ4n) is 1.22. The Morgan fingerprint density at radius 1 is 1.18 bits per heavy atom. The Kier molecular flexibility index (Phi) is 7.51. The quantitative estimate of drug-likeness (QED) is 0.574. The first kappa shape index (κ1) is 14.7. The maximum absolute atomic E-state index is 5.77. The molecule has 0 amide bonds. The van der Waals surface area contributed by atoms with Crippen LogP contribution in [0.15, 0.2) is 48.5 Å². The fourth-order valence-corrected chi connectivity index (χ4v) is 1.34. The van der Waals surface area contributed by atoms with Crippen molar-refractivity contribution in [1.29, 1.82) is 0 Å². The van der Waals surface area contributed by atoms with E-state index in [1.54, 1.807) is 0 Å². The summed E-state index contributed by atoms with van der Waals surface area (Å²) in [5, 5.41) is 0.718. The van der Waals surface area contributed by atoms with Crippen LogP contribution >= 0.6 is 25.2 Å². The molecule has 0 heterocycles. The number of halogens is 2. The van der Waals surface area contributed by atoms with Crippen LogP contribution < -0.4 is 4.74 Å². The summed E-state index contributed by atoms with van der Waals surface area (Å²) in [5.41, 5.74) is 1.10. The van der Waals surface area contributed by atoms with Gasteiger partial charge in [-0.2, -0.15) is 30.3 Å². The summed E-state index contributed by atoms with van der Waals surface area (Å²) < 4.78 is 5.57. The van der Waals surface area contributed by atoms with Gasteiger partial charge in [-0.15, -0.1) is 5.56 Å². The molecule has 0 aliphatic rings. The number of ether oxygens (including phenoxy) is 1. The zero-order valence-electron chi connectivity index (χ0n) is 9.20. The second kappa shape index (κ2) is 8.68. The zero-order chi connectivity index (χ0) is 12.5. The fraction of sp³-hybridized carbons (Fsp3) is 0.0769. The van der Waals surface area contributed by atoms with Crippen molar-refractivity contribution in [1.82, 2.24) is 0 Å². The molecule has 0 saturated carbocycles. The Morgan fingerprint density at radius 2 is 1.88 bits per heavy atom. The first-order valence-electron chi connectivity index (χ1n) is 4.95. The van der Waals surface area contributed by atoms with Gasteiger partial charge in [-0.1, -0.05) is 11.6 Å². The van der Waals surface area contributed by atoms with Gasteiger partial charge in [0.15, 0.2) is 0 Å². The second-order valence-electron chi connectivity index (χ2n) is 3.15. The average Bonchev–Trinajstić information content (AvgIpc) is 2.42. The molecule has 84 valence electrons. The number of hydrogen-bond acceptors (Lipinski definition) is 1. The van der Waals surface area contributed by atoms with Crippen molar-refractivity contribution in [3.63, 3.8) is 0 Å². The van der Waals surface area contributed by atoms with Gasteiger partial charge in [-0.05, 0) is 24.3 Å². The number of hydrogen-bond donors (Lipinski definition) is 0. The van der Waals surface area contributed by atoms with Crippen LogP contribution in [0.1, 0.15) is 5.56 Å². The van der Waals surface area contributed by atoms with E-state index in [1.165, 1.54) is 16.3 Å². The van der Waals surface area contributed by atoms with Crippen LogP contribution in [0.5, 0.6) is 5.75 Å². The van der Waals surface area contributed by atoms with Crippen molar-refractivity contribution in [2.75, 3.05) is 0 Å². The molecule has 0 bridgehead atoms. The van der Waals surface area contributed by atoms with Crippen LogP contribution in [0.3, 0.4) is 0 Å². The van der Waals surface area contributed by atoms with Crippen molar-refractivity contribution in [2.45, 2.75) is 6.61 Å². The molecule has 1 nitrogen and oxygen atoms in total. The predicted octanol–water partition coefficient (Wildman–Crippen LogP) is 4.56. The van der Waals surface area contributed by atoms with Gasteiger partial charge in [0.05, 0.1) is 6.61 Å². The van der Waals surface area contributed by atoms with Crippen molar-refractivity contribution >= 4 is 25.2 Å². The first-order valence-corrected chi connectivity index (χ1v) is 12.3. The Bertz CT molecular complexity index is 419. The first-order chi connectivity index (χ1) is 8.34. The summed E-state index contributed by atoms with van der Waals surface area (Å²) in [4.78, 5) is 0. The summed E-state index contributed by atoms with van der Waals surface area (Å²) in [5.74, 6) is 0.822. The summed E-state index contributed by atoms with van der Waals surface area (Å²) in [6.45, 7) is 0.555. The molecule has 0 radical (unpaired) electrons. The van der Waals surface area contributed by atoms with Crippen LogP contribution in [0.4, 0.5) is 0 Å². The molecular weight excluding hydrogens is 353 g/mol. The van der Waals surface area contributed by atoms with E-state index < -0.39 is 0 Å². The van der Waals surface area contributed by atoms with E-state index in [4.69, 9.17) is 16.3 Å². The Labute approximate surface area is 123 Å². The minimum atomic E-state index is 0.555. The summed E-state index contributed by atoms with van der Waals surface area (Å²) in [6, 6.07) is 18.1. The molecule has 4 heteroatoms. The standard InChI is InChI=1S/C13H10ClO.BrH.Zn/c14-12-6-8-13(9-7-12)15-10-11-4-2-1-3-5-11;;/h1-2,4-9H,10H2;1H;/q-1;;+2/p-1. The SMILES string of the molecule is Clc1ccc(OCc2c[c-]ccc2)cc1.[Zn+][Br]. The monoisotopic (exact) mass is 360 g/mol. The Hall–Kier alpha value is -0.367. The molecule has 0 N–H and O–H groups in total. The van der Waals surface area contributed by atoms with Crippen LogP contribution in [0, 0.1) is 6.07 Å². The molecule has 0 aliphatic heterocycles. The Morgan fingerprint density at radius 3 is 2.47 bits per heavy atom. The third kappa shape index (κ3) is 5.67. The van der Waals surface area contributed by atoms with Gasteiger partial charge in [0.2, 0.25) is 0 Å². The van der Waals surface area contributed by atoms with E-state index >= 15 is 0 Å². The molecule has 0 atom stereocenters. The van der Waals surface area contributed by atoms with E-state index in [0.29, 0.717) is 6.61 Å². The topological polar surface area (TPSA) is 9.23 Å². The zero-order valence-corrected chi connectivity index (χ0v) is 14.5. The molecule has 0 fully saturated rings. The van der Waals surface area contributed by atoms with E-state index in [-0.39, 0.29) is 0 Å². The Balaban J connectivity index is 0.000000686. The van der Waals surface area contributed by atoms with Crippen LogP contribution in [-0.2, 0) is 22.9 Å². The third-order valence-electron chi connectivity index (χ3n) is 1.99. The molecule has 2 rings (SSSR count). The second-order valence-corrected chi connectivity index (χ2v) is 3.59. The molecular formula is C13H10BrClOZn. The molecule has 0 aromatic heterocycles. The molecule has 17 heavy (non-hydrogen) atoms. The van der Waals surface area contributed by atoms with Gasteiger partial charge in [0.25, 0.3) is 0 Å². The van der Waals surface area contributed by atoms with Gasteiger partial charge in [0.1, 0.15) is 5.75 Å². The van der Waals surface area contributed by atoms with E-state index in [2.05, 4.69) is 19.7 Å². The molecule has 2 aromatic rings. The van der Waals surface area contributed by atoms with Crippen LogP contribution in [0.25, 0.3) is 0 Å². The minimum absolute atomic E-state index is 0.555. The van der Waals surface area contributed by atoms with E-state index in [1.807, 2.05) is 48.5 Å². The van der Waals surface area contributed by atoms with Crippen LogP contribution in [-0.4, -0.2) is 0 Å². The third-order valence-corrected chi connectivity index (χ3v) is 2.24. The average molecular weight is 363 g/mol. The molecule has 0 unspecified atom stereocenters.